The van der Waals surface area contributed by atoms with Gasteiger partial charge >= 0.3 is 0 Å². The van der Waals surface area contributed by atoms with Crippen LogP contribution in [-0.4, -0.2) is 35.8 Å². The van der Waals surface area contributed by atoms with Crippen LogP contribution in [0.5, 0.6) is 0 Å². The molecule has 0 aliphatic heterocycles. The fourth-order valence-corrected chi connectivity index (χ4v) is 4.96. The second-order valence-corrected chi connectivity index (χ2v) is 8.27. The summed E-state index contributed by atoms with van der Waals surface area (Å²) in [6.07, 6.45) is 5.24. The lowest BCUT2D eigenvalue weighted by atomic mass is 9.65. The van der Waals surface area contributed by atoms with Crippen LogP contribution in [0.15, 0.2) is 18.2 Å². The number of nitrogens with two attached hydrogens (primary N) is 1. The van der Waals surface area contributed by atoms with Gasteiger partial charge in [-0.05, 0) is 69.6 Å². The number of carbonyl (C=O) groups excluding carboxylic acids is 2. The number of rotatable bonds is 5. The number of carbonyl (C=O) groups is 2. The van der Waals surface area contributed by atoms with Crippen LogP contribution in [-0.2, 0) is 4.79 Å². The highest BCUT2D eigenvalue weighted by Gasteiger charge is 2.40. The molecule has 6 heteroatoms. The smallest absolute Gasteiger partial charge is 0.255 e. The molecule has 27 heavy (non-hydrogen) atoms. The van der Waals surface area contributed by atoms with Crippen molar-refractivity contribution >= 4 is 29.1 Å². The van der Waals surface area contributed by atoms with Gasteiger partial charge in [0.25, 0.3) is 5.91 Å². The molecule has 1 aromatic carbocycles. The van der Waals surface area contributed by atoms with Crippen LogP contribution >= 0.6 is 11.6 Å². The van der Waals surface area contributed by atoms with E-state index in [0.717, 1.165) is 25.7 Å². The topological polar surface area (TPSA) is 75.4 Å². The summed E-state index contributed by atoms with van der Waals surface area (Å²) in [7, 11) is 0. The van der Waals surface area contributed by atoms with Gasteiger partial charge in [-0.2, -0.15) is 0 Å². The summed E-state index contributed by atoms with van der Waals surface area (Å²) in [6, 6.07) is 5.38. The fourth-order valence-electron chi connectivity index (χ4n) is 4.69. The van der Waals surface area contributed by atoms with E-state index >= 15 is 0 Å². The zero-order valence-corrected chi connectivity index (χ0v) is 17.0. The van der Waals surface area contributed by atoms with E-state index in [1.54, 1.807) is 23.1 Å². The maximum atomic E-state index is 12.8. The van der Waals surface area contributed by atoms with E-state index in [1.165, 1.54) is 6.42 Å². The van der Waals surface area contributed by atoms with Crippen LogP contribution in [0.3, 0.4) is 0 Å². The molecule has 2 bridgehead atoms. The molecule has 0 aromatic heterocycles. The van der Waals surface area contributed by atoms with Crippen molar-refractivity contribution in [3.8, 4) is 0 Å². The lowest BCUT2D eigenvalue weighted by Gasteiger charge is -2.43. The number of hydrogen-bond donors (Lipinski definition) is 2. The minimum Gasteiger partial charge on any atom is -0.339 e. The molecule has 0 spiro atoms. The Morgan fingerprint density at radius 3 is 2.37 bits per heavy atom. The third-order valence-electron chi connectivity index (χ3n) is 6.30. The molecule has 5 nitrogen and oxygen atoms in total. The minimum absolute atomic E-state index is 0.0101. The van der Waals surface area contributed by atoms with E-state index in [0.29, 0.717) is 41.2 Å². The fraction of sp³-hybridized carbons (Fsp3) is 0.619. The molecule has 2 aliphatic carbocycles. The molecule has 2 unspecified atom stereocenters. The molecule has 1 aromatic rings. The van der Waals surface area contributed by atoms with Crippen molar-refractivity contribution in [3.05, 3.63) is 28.8 Å². The molecule has 2 amide bonds. The number of fused-ring (bicyclic) bond motifs is 2. The zero-order valence-electron chi connectivity index (χ0n) is 16.2. The number of amides is 2. The Kier molecular flexibility index (Phi) is 6.43. The van der Waals surface area contributed by atoms with Crippen LogP contribution < -0.4 is 11.1 Å². The molecule has 0 heterocycles. The second kappa shape index (κ2) is 8.61. The summed E-state index contributed by atoms with van der Waals surface area (Å²) in [5.74, 6) is 0.891. The molecular weight excluding hydrogens is 362 g/mol. The predicted octanol–water partition coefficient (Wildman–Crippen LogP) is 3.91. The van der Waals surface area contributed by atoms with E-state index in [-0.39, 0.29) is 23.8 Å². The molecular formula is C21H30ClN3O2. The van der Waals surface area contributed by atoms with Crippen molar-refractivity contribution in [2.45, 2.75) is 52.0 Å². The third-order valence-corrected chi connectivity index (χ3v) is 6.61. The van der Waals surface area contributed by atoms with Gasteiger partial charge < -0.3 is 16.0 Å². The lowest BCUT2D eigenvalue weighted by Crippen LogP contribution is -2.48. The van der Waals surface area contributed by atoms with Crippen molar-refractivity contribution in [1.29, 1.82) is 0 Å². The van der Waals surface area contributed by atoms with Crippen LogP contribution in [0.2, 0.25) is 5.02 Å². The molecule has 2 fully saturated rings. The van der Waals surface area contributed by atoms with Crippen molar-refractivity contribution < 1.29 is 9.59 Å². The molecule has 0 radical (unpaired) electrons. The van der Waals surface area contributed by atoms with Gasteiger partial charge in [-0.15, -0.1) is 0 Å². The van der Waals surface area contributed by atoms with Gasteiger partial charge in [-0.3, -0.25) is 9.59 Å². The third kappa shape index (κ3) is 4.30. The summed E-state index contributed by atoms with van der Waals surface area (Å²) < 4.78 is 0. The van der Waals surface area contributed by atoms with Gasteiger partial charge in [0.05, 0.1) is 10.6 Å². The largest absolute Gasteiger partial charge is 0.339 e. The number of anilines is 1. The normalized spacial score (nSPS) is 27.1. The molecule has 2 saturated carbocycles. The quantitative estimate of drug-likeness (QED) is 0.798. The first-order valence-electron chi connectivity index (χ1n) is 10.1. The maximum absolute atomic E-state index is 12.8. The summed E-state index contributed by atoms with van der Waals surface area (Å²) in [6.45, 7) is 5.15. The lowest BCUT2D eigenvalue weighted by molar-refractivity contribution is -0.122. The highest BCUT2D eigenvalue weighted by atomic mass is 35.5. The molecule has 2 aliphatic rings. The number of halogens is 1. The summed E-state index contributed by atoms with van der Waals surface area (Å²) >= 11 is 6.33. The zero-order chi connectivity index (χ0) is 19.6. The minimum atomic E-state index is -0.0861. The Balaban J connectivity index is 1.66. The Labute approximate surface area is 166 Å². The molecule has 3 N–H and O–H groups in total. The Morgan fingerprint density at radius 1 is 1.19 bits per heavy atom. The monoisotopic (exact) mass is 391 g/mol. The van der Waals surface area contributed by atoms with Gasteiger partial charge in [0.2, 0.25) is 5.91 Å². The standard InChI is InChI=1S/C21H30ClN3O2/c1-3-25(4-2)21(27)17-9-8-16(12-18(17)22)24-20(26)15-10-13-6-5-7-14(11-15)19(13)23/h8-9,12-15,19H,3-7,10-11,23H2,1-2H3,(H,24,26). The number of hydrogen-bond acceptors (Lipinski definition) is 3. The van der Waals surface area contributed by atoms with Crippen LogP contribution in [0.1, 0.15) is 56.3 Å². The van der Waals surface area contributed by atoms with Gasteiger partial charge in [0, 0.05) is 30.7 Å². The van der Waals surface area contributed by atoms with E-state index in [2.05, 4.69) is 5.32 Å². The molecule has 2 atom stereocenters. The van der Waals surface area contributed by atoms with E-state index < -0.39 is 0 Å². The molecule has 0 saturated heterocycles. The maximum Gasteiger partial charge on any atom is 0.255 e. The van der Waals surface area contributed by atoms with Gasteiger partial charge in [0.15, 0.2) is 0 Å². The van der Waals surface area contributed by atoms with Crippen molar-refractivity contribution in [2.24, 2.45) is 23.5 Å². The first-order valence-corrected chi connectivity index (χ1v) is 10.5. The van der Waals surface area contributed by atoms with Crippen LogP contribution in [0.4, 0.5) is 5.69 Å². The molecule has 148 valence electrons. The number of nitrogens with zero attached hydrogens (tertiary/aromatic N) is 1. The predicted molar refractivity (Wildman–Crippen MR) is 109 cm³/mol. The second-order valence-electron chi connectivity index (χ2n) is 7.86. The first-order chi connectivity index (χ1) is 12.9. The van der Waals surface area contributed by atoms with Gasteiger partial charge in [-0.1, -0.05) is 18.0 Å². The summed E-state index contributed by atoms with van der Waals surface area (Å²) in [4.78, 5) is 27.0. The van der Waals surface area contributed by atoms with Gasteiger partial charge in [-0.25, -0.2) is 0 Å². The van der Waals surface area contributed by atoms with Gasteiger partial charge in [0.1, 0.15) is 0 Å². The average molecular weight is 392 g/mol. The first kappa shape index (κ1) is 20.2. The Hall–Kier alpha value is -1.59. The van der Waals surface area contributed by atoms with Crippen LogP contribution in [0, 0.1) is 17.8 Å². The highest BCUT2D eigenvalue weighted by Crippen LogP contribution is 2.42. The summed E-state index contributed by atoms with van der Waals surface area (Å²) in [5, 5.41) is 3.36. The number of benzene rings is 1. The Bertz CT molecular complexity index is 691. The summed E-state index contributed by atoms with van der Waals surface area (Å²) in [5.41, 5.74) is 7.44. The van der Waals surface area contributed by atoms with Crippen LogP contribution in [0.25, 0.3) is 0 Å². The average Bonchev–Trinajstić information content (AvgIpc) is 2.62. The van der Waals surface area contributed by atoms with E-state index in [9.17, 15) is 9.59 Å². The Morgan fingerprint density at radius 2 is 1.81 bits per heavy atom. The number of nitrogens with one attached hydrogen (secondary N) is 1. The van der Waals surface area contributed by atoms with Crippen molar-refractivity contribution in [1.82, 2.24) is 4.90 Å². The van der Waals surface area contributed by atoms with Crippen molar-refractivity contribution in [3.63, 3.8) is 0 Å². The van der Waals surface area contributed by atoms with Crippen molar-refractivity contribution in [2.75, 3.05) is 18.4 Å². The van der Waals surface area contributed by atoms with E-state index in [1.807, 2.05) is 13.8 Å². The van der Waals surface area contributed by atoms with E-state index in [4.69, 9.17) is 17.3 Å². The highest BCUT2D eigenvalue weighted by molar-refractivity contribution is 6.34. The molecule has 3 rings (SSSR count). The SMILES string of the molecule is CCN(CC)C(=O)c1ccc(NC(=O)C2CC3CCCC(C2)C3N)cc1Cl.